The van der Waals surface area contributed by atoms with Crippen LogP contribution in [0.5, 0.6) is 0 Å². The summed E-state index contributed by atoms with van der Waals surface area (Å²) >= 11 is 0. The number of hydrogen-bond donors (Lipinski definition) is 2. The van der Waals surface area contributed by atoms with Crippen LogP contribution < -0.4 is 11.1 Å². The first kappa shape index (κ1) is 13.8. The highest BCUT2D eigenvalue weighted by molar-refractivity contribution is 5.85. The molecule has 2 fully saturated rings. The predicted octanol–water partition coefficient (Wildman–Crippen LogP) is 1.72. The molecule has 0 aromatic heterocycles. The van der Waals surface area contributed by atoms with Crippen LogP contribution in [0.2, 0.25) is 0 Å². The van der Waals surface area contributed by atoms with E-state index in [9.17, 15) is 4.79 Å². The number of carbonyl (C=O) groups excluding carboxylic acids is 1. The maximum atomic E-state index is 12.0. The Morgan fingerprint density at radius 3 is 2.44 bits per heavy atom. The second-order valence-electron chi connectivity index (χ2n) is 5.79. The van der Waals surface area contributed by atoms with Gasteiger partial charge in [-0.15, -0.1) is 0 Å². The number of hydrogen-bond acceptors (Lipinski definition) is 3. The van der Waals surface area contributed by atoms with E-state index in [0.29, 0.717) is 6.04 Å². The maximum Gasteiger partial charge on any atom is 0.240 e. The van der Waals surface area contributed by atoms with Crippen molar-refractivity contribution in [1.29, 1.82) is 0 Å². The van der Waals surface area contributed by atoms with Crippen LogP contribution >= 0.6 is 0 Å². The zero-order valence-corrected chi connectivity index (χ0v) is 11.4. The molecule has 0 aromatic rings. The predicted molar refractivity (Wildman–Crippen MR) is 71.2 cm³/mol. The Morgan fingerprint density at radius 1 is 1.17 bits per heavy atom. The van der Waals surface area contributed by atoms with Crippen molar-refractivity contribution in [2.45, 2.75) is 75.5 Å². The largest absolute Gasteiger partial charge is 0.379 e. The van der Waals surface area contributed by atoms with Gasteiger partial charge < -0.3 is 10.5 Å². The number of methoxy groups -OCH3 is 1. The minimum atomic E-state index is -0.630. The molecule has 2 unspecified atom stereocenters. The quantitative estimate of drug-likeness (QED) is 0.803. The van der Waals surface area contributed by atoms with E-state index in [2.05, 4.69) is 5.32 Å². The van der Waals surface area contributed by atoms with Crippen molar-refractivity contribution in [3.05, 3.63) is 0 Å². The van der Waals surface area contributed by atoms with E-state index in [4.69, 9.17) is 10.5 Å². The number of nitrogens with two attached hydrogens (primary N) is 1. The molecule has 2 atom stereocenters. The van der Waals surface area contributed by atoms with Crippen molar-refractivity contribution in [3.63, 3.8) is 0 Å². The molecule has 0 radical (unpaired) electrons. The van der Waals surface area contributed by atoms with Gasteiger partial charge in [-0.1, -0.05) is 32.1 Å². The summed E-state index contributed by atoms with van der Waals surface area (Å²) in [7, 11) is 1.69. The summed E-state index contributed by atoms with van der Waals surface area (Å²) in [5, 5.41) is 3.57. The highest BCUT2D eigenvalue weighted by Gasteiger charge is 2.47. The van der Waals surface area contributed by atoms with Gasteiger partial charge >= 0.3 is 0 Å². The number of nitrogens with one attached hydrogen (secondary N) is 1. The lowest BCUT2D eigenvalue weighted by Gasteiger charge is -2.44. The average Bonchev–Trinajstić information content (AvgIpc) is 2.40. The molecule has 2 aliphatic rings. The number of primary amides is 1. The van der Waals surface area contributed by atoms with E-state index in [0.717, 1.165) is 38.5 Å². The molecule has 0 spiro atoms. The number of carbonyl (C=O) groups is 1. The molecule has 3 N–H and O–H groups in total. The van der Waals surface area contributed by atoms with Crippen molar-refractivity contribution in [1.82, 2.24) is 5.32 Å². The van der Waals surface area contributed by atoms with Gasteiger partial charge in [0, 0.05) is 13.2 Å². The lowest BCUT2D eigenvalue weighted by Crippen LogP contribution is -2.67. The molecule has 2 saturated carbocycles. The van der Waals surface area contributed by atoms with Gasteiger partial charge in [-0.2, -0.15) is 0 Å². The van der Waals surface area contributed by atoms with E-state index in [-0.39, 0.29) is 12.0 Å². The SMILES string of the molecule is COC1CCCCC1(NC1CCCCC1)C(N)=O. The first-order chi connectivity index (χ1) is 8.69. The molecular formula is C14H26N2O2. The van der Waals surface area contributed by atoms with Crippen LogP contribution in [-0.2, 0) is 9.53 Å². The molecule has 0 bridgehead atoms. The monoisotopic (exact) mass is 254 g/mol. The molecule has 104 valence electrons. The standard InChI is InChI=1S/C14H26N2O2/c1-18-12-9-5-6-10-14(12,13(15)17)16-11-7-3-2-4-8-11/h11-12,16H,2-10H2,1H3,(H2,15,17). The van der Waals surface area contributed by atoms with Crippen LogP contribution in [0.15, 0.2) is 0 Å². The highest BCUT2D eigenvalue weighted by atomic mass is 16.5. The molecule has 0 aliphatic heterocycles. The molecule has 0 heterocycles. The minimum Gasteiger partial charge on any atom is -0.379 e. The Kier molecular flexibility index (Phi) is 4.62. The Balaban J connectivity index is 2.11. The summed E-state index contributed by atoms with van der Waals surface area (Å²) < 4.78 is 5.55. The van der Waals surface area contributed by atoms with E-state index >= 15 is 0 Å². The fourth-order valence-electron chi connectivity index (χ4n) is 3.59. The van der Waals surface area contributed by atoms with Gasteiger partial charge in [0.2, 0.25) is 5.91 Å². The summed E-state index contributed by atoms with van der Waals surface area (Å²) in [6.07, 6.45) is 10.0. The summed E-state index contributed by atoms with van der Waals surface area (Å²) in [5.41, 5.74) is 5.07. The number of ether oxygens (including phenoxy) is 1. The first-order valence-electron chi connectivity index (χ1n) is 7.29. The van der Waals surface area contributed by atoms with Gasteiger partial charge in [0.25, 0.3) is 0 Å². The fraction of sp³-hybridized carbons (Fsp3) is 0.929. The molecule has 4 heteroatoms. The second-order valence-corrected chi connectivity index (χ2v) is 5.79. The van der Waals surface area contributed by atoms with Crippen molar-refractivity contribution in [2.24, 2.45) is 5.73 Å². The summed E-state index contributed by atoms with van der Waals surface area (Å²) in [6.45, 7) is 0. The average molecular weight is 254 g/mol. The lowest BCUT2D eigenvalue weighted by molar-refractivity contribution is -0.134. The van der Waals surface area contributed by atoms with Gasteiger partial charge in [-0.25, -0.2) is 0 Å². The van der Waals surface area contributed by atoms with Crippen LogP contribution in [0.4, 0.5) is 0 Å². The second kappa shape index (κ2) is 6.02. The first-order valence-corrected chi connectivity index (χ1v) is 7.29. The van der Waals surface area contributed by atoms with Crippen LogP contribution in [0.25, 0.3) is 0 Å². The fourth-order valence-corrected chi connectivity index (χ4v) is 3.59. The Bertz CT molecular complexity index is 290. The van der Waals surface area contributed by atoms with Crippen molar-refractivity contribution in [3.8, 4) is 0 Å². The van der Waals surface area contributed by atoms with Crippen LogP contribution in [0.3, 0.4) is 0 Å². The zero-order valence-electron chi connectivity index (χ0n) is 11.4. The molecule has 0 saturated heterocycles. The van der Waals surface area contributed by atoms with Gasteiger partial charge in [-0.05, 0) is 25.7 Å². The van der Waals surface area contributed by atoms with E-state index in [1.165, 1.54) is 19.3 Å². The Labute approximate surface area is 110 Å². The lowest BCUT2D eigenvalue weighted by atomic mass is 9.77. The van der Waals surface area contributed by atoms with Gasteiger partial charge in [0.05, 0.1) is 6.10 Å². The van der Waals surface area contributed by atoms with E-state index in [1.807, 2.05) is 0 Å². The zero-order chi connectivity index (χ0) is 13.0. The molecule has 0 aromatic carbocycles. The van der Waals surface area contributed by atoms with Crippen molar-refractivity contribution >= 4 is 5.91 Å². The van der Waals surface area contributed by atoms with Crippen molar-refractivity contribution in [2.75, 3.05) is 7.11 Å². The normalized spacial score (nSPS) is 34.4. The smallest absolute Gasteiger partial charge is 0.240 e. The van der Waals surface area contributed by atoms with Crippen molar-refractivity contribution < 1.29 is 9.53 Å². The van der Waals surface area contributed by atoms with Crippen LogP contribution in [-0.4, -0.2) is 30.7 Å². The number of amides is 1. The maximum absolute atomic E-state index is 12.0. The molecule has 4 nitrogen and oxygen atoms in total. The third-order valence-electron chi connectivity index (χ3n) is 4.63. The third kappa shape index (κ3) is 2.69. The Hall–Kier alpha value is -0.610. The van der Waals surface area contributed by atoms with Gasteiger partial charge in [0.15, 0.2) is 0 Å². The Morgan fingerprint density at radius 2 is 1.83 bits per heavy atom. The third-order valence-corrected chi connectivity index (χ3v) is 4.63. The van der Waals surface area contributed by atoms with E-state index in [1.54, 1.807) is 7.11 Å². The van der Waals surface area contributed by atoms with Crippen LogP contribution in [0, 0.1) is 0 Å². The molecule has 18 heavy (non-hydrogen) atoms. The number of rotatable bonds is 4. The highest BCUT2D eigenvalue weighted by Crippen LogP contribution is 2.32. The topological polar surface area (TPSA) is 64.3 Å². The molecule has 2 aliphatic carbocycles. The summed E-state index contributed by atoms with van der Waals surface area (Å²) in [6, 6.07) is 0.432. The summed E-state index contributed by atoms with van der Waals surface area (Å²) in [5.74, 6) is -0.236. The van der Waals surface area contributed by atoms with Gasteiger partial charge in [0.1, 0.15) is 5.54 Å². The van der Waals surface area contributed by atoms with Gasteiger partial charge in [-0.3, -0.25) is 10.1 Å². The molecular weight excluding hydrogens is 228 g/mol. The van der Waals surface area contributed by atoms with E-state index < -0.39 is 5.54 Å². The minimum absolute atomic E-state index is 0.0642. The molecule has 2 rings (SSSR count). The summed E-state index contributed by atoms with van der Waals surface area (Å²) in [4.78, 5) is 12.0. The molecule has 1 amide bonds. The van der Waals surface area contributed by atoms with Crippen LogP contribution in [0.1, 0.15) is 57.8 Å².